The van der Waals surface area contributed by atoms with Crippen LogP contribution in [0.2, 0.25) is 0 Å². The highest BCUT2D eigenvalue weighted by atomic mass is 16.4. The molecule has 0 rings (SSSR count). The summed E-state index contributed by atoms with van der Waals surface area (Å²) in [5.74, 6) is -1.76. The van der Waals surface area contributed by atoms with E-state index in [9.17, 15) is 19.8 Å². The number of carboxylic acid groups (broad SMARTS) is 1. The molecule has 0 saturated heterocycles. The Morgan fingerprint density at radius 2 is 1.87 bits per heavy atom. The lowest BCUT2D eigenvalue weighted by Crippen LogP contribution is -2.49. The SMILES string of the molecule is CCCCC(O)(CC(=O)CCC)C(=O)[O-]. The van der Waals surface area contributed by atoms with Gasteiger partial charge in [-0.1, -0.05) is 26.7 Å². The van der Waals surface area contributed by atoms with Gasteiger partial charge in [0.25, 0.3) is 0 Å². The van der Waals surface area contributed by atoms with E-state index in [0.29, 0.717) is 19.3 Å². The predicted molar refractivity (Wildman–Crippen MR) is 54.0 cm³/mol. The number of unbranched alkanes of at least 4 members (excludes halogenated alkanes) is 1. The number of rotatable bonds is 8. The van der Waals surface area contributed by atoms with Gasteiger partial charge in [0.05, 0.1) is 5.97 Å². The smallest absolute Gasteiger partial charge is 0.136 e. The van der Waals surface area contributed by atoms with Crippen molar-refractivity contribution in [2.75, 3.05) is 0 Å². The van der Waals surface area contributed by atoms with Crippen LogP contribution in [0.4, 0.5) is 0 Å². The second-order valence-electron chi connectivity index (χ2n) is 3.89. The van der Waals surface area contributed by atoms with Gasteiger partial charge >= 0.3 is 0 Å². The van der Waals surface area contributed by atoms with Crippen LogP contribution in [0.3, 0.4) is 0 Å². The minimum atomic E-state index is -1.97. The number of Topliss-reactive ketones (excluding diaryl/α,β-unsaturated/α-hetero) is 1. The largest absolute Gasteiger partial charge is 0.547 e. The molecule has 4 nitrogen and oxygen atoms in total. The highest BCUT2D eigenvalue weighted by Gasteiger charge is 2.30. The Labute approximate surface area is 90.3 Å². The number of carbonyl (C=O) groups is 2. The van der Waals surface area contributed by atoms with Gasteiger partial charge in [0.1, 0.15) is 11.4 Å². The van der Waals surface area contributed by atoms with E-state index in [-0.39, 0.29) is 18.6 Å². The third-order valence-corrected chi connectivity index (χ3v) is 2.34. The molecule has 0 fully saturated rings. The van der Waals surface area contributed by atoms with Gasteiger partial charge in [-0.25, -0.2) is 0 Å². The minimum absolute atomic E-state index is 0.0846. The fraction of sp³-hybridized carbons (Fsp3) is 0.818. The molecule has 0 aliphatic rings. The van der Waals surface area contributed by atoms with Gasteiger partial charge in [-0.3, -0.25) is 4.79 Å². The maximum absolute atomic E-state index is 11.3. The second kappa shape index (κ2) is 6.56. The molecule has 88 valence electrons. The molecular weight excluding hydrogens is 196 g/mol. The zero-order chi connectivity index (χ0) is 11.9. The highest BCUT2D eigenvalue weighted by molar-refractivity contribution is 5.86. The molecule has 0 amide bonds. The number of carboxylic acids is 1. The standard InChI is InChI=1S/C11H20O4/c1-3-5-7-11(15,10(13)14)8-9(12)6-4-2/h15H,3-8H2,1-2H3,(H,13,14)/p-1. The van der Waals surface area contributed by atoms with Crippen LogP contribution in [-0.2, 0) is 9.59 Å². The summed E-state index contributed by atoms with van der Waals surface area (Å²) in [4.78, 5) is 22.0. The van der Waals surface area contributed by atoms with Crippen LogP contribution in [0.15, 0.2) is 0 Å². The van der Waals surface area contributed by atoms with E-state index >= 15 is 0 Å². The number of aliphatic carboxylic acids is 1. The normalized spacial score (nSPS) is 14.6. The lowest BCUT2D eigenvalue weighted by atomic mass is 9.90. The summed E-state index contributed by atoms with van der Waals surface area (Å²) in [6, 6.07) is 0. The van der Waals surface area contributed by atoms with Crippen molar-refractivity contribution in [2.45, 2.75) is 58.0 Å². The lowest BCUT2D eigenvalue weighted by Gasteiger charge is -2.28. The summed E-state index contributed by atoms with van der Waals surface area (Å²) in [5.41, 5.74) is -1.97. The number of hydrogen-bond acceptors (Lipinski definition) is 4. The summed E-state index contributed by atoms with van der Waals surface area (Å²) in [6.07, 6.45) is 2.07. The summed E-state index contributed by atoms with van der Waals surface area (Å²) in [6.45, 7) is 3.73. The van der Waals surface area contributed by atoms with E-state index in [4.69, 9.17) is 0 Å². The van der Waals surface area contributed by atoms with E-state index in [0.717, 1.165) is 6.42 Å². The zero-order valence-electron chi connectivity index (χ0n) is 9.41. The molecule has 0 spiro atoms. The average Bonchev–Trinajstić information content (AvgIpc) is 2.14. The molecule has 0 aromatic rings. The predicted octanol–water partition coefficient (Wildman–Crippen LogP) is 0.417. The van der Waals surface area contributed by atoms with Gasteiger partial charge in [0.15, 0.2) is 0 Å². The van der Waals surface area contributed by atoms with Crippen molar-refractivity contribution in [3.63, 3.8) is 0 Å². The van der Waals surface area contributed by atoms with Crippen LogP contribution in [-0.4, -0.2) is 22.5 Å². The molecule has 1 atom stereocenters. The fourth-order valence-electron chi connectivity index (χ4n) is 1.43. The first-order valence-electron chi connectivity index (χ1n) is 5.41. The van der Waals surface area contributed by atoms with E-state index < -0.39 is 11.6 Å². The maximum atomic E-state index is 11.3. The molecule has 1 N–H and O–H groups in total. The molecule has 4 heteroatoms. The Bertz CT molecular complexity index is 225. The Hall–Kier alpha value is -0.900. The lowest BCUT2D eigenvalue weighted by molar-refractivity contribution is -0.325. The van der Waals surface area contributed by atoms with Crippen molar-refractivity contribution in [1.29, 1.82) is 0 Å². The summed E-state index contributed by atoms with van der Waals surface area (Å²) < 4.78 is 0. The molecule has 0 aromatic heterocycles. The van der Waals surface area contributed by atoms with Crippen molar-refractivity contribution < 1.29 is 19.8 Å². The summed E-state index contributed by atoms with van der Waals surface area (Å²) in [7, 11) is 0. The second-order valence-corrected chi connectivity index (χ2v) is 3.89. The van der Waals surface area contributed by atoms with E-state index in [1.54, 1.807) is 0 Å². The Morgan fingerprint density at radius 1 is 1.27 bits per heavy atom. The van der Waals surface area contributed by atoms with Crippen LogP contribution in [0.25, 0.3) is 0 Å². The van der Waals surface area contributed by atoms with Gasteiger partial charge in [-0.2, -0.15) is 0 Å². The van der Waals surface area contributed by atoms with Gasteiger partial charge in [-0.15, -0.1) is 0 Å². The molecule has 0 saturated carbocycles. The van der Waals surface area contributed by atoms with E-state index in [2.05, 4.69) is 0 Å². The molecule has 0 radical (unpaired) electrons. The van der Waals surface area contributed by atoms with Crippen molar-refractivity contribution in [3.8, 4) is 0 Å². The number of hydrogen-bond donors (Lipinski definition) is 1. The zero-order valence-corrected chi connectivity index (χ0v) is 9.41. The van der Waals surface area contributed by atoms with Crippen LogP contribution in [0.1, 0.15) is 52.4 Å². The van der Waals surface area contributed by atoms with Gasteiger partial charge in [0.2, 0.25) is 0 Å². The average molecular weight is 215 g/mol. The molecule has 0 aromatic carbocycles. The minimum Gasteiger partial charge on any atom is -0.547 e. The van der Waals surface area contributed by atoms with Gasteiger partial charge < -0.3 is 15.0 Å². The van der Waals surface area contributed by atoms with Crippen molar-refractivity contribution in [3.05, 3.63) is 0 Å². The monoisotopic (exact) mass is 215 g/mol. The highest BCUT2D eigenvalue weighted by Crippen LogP contribution is 2.19. The van der Waals surface area contributed by atoms with Crippen molar-refractivity contribution in [2.24, 2.45) is 0 Å². The first-order valence-corrected chi connectivity index (χ1v) is 5.41. The number of ketones is 1. The third-order valence-electron chi connectivity index (χ3n) is 2.34. The topological polar surface area (TPSA) is 77.4 Å². The molecule has 15 heavy (non-hydrogen) atoms. The maximum Gasteiger partial charge on any atom is 0.136 e. The van der Waals surface area contributed by atoms with Crippen LogP contribution in [0.5, 0.6) is 0 Å². The Balaban J connectivity index is 4.37. The van der Waals surface area contributed by atoms with E-state index in [1.165, 1.54) is 0 Å². The first-order chi connectivity index (χ1) is 6.96. The summed E-state index contributed by atoms with van der Waals surface area (Å²) in [5, 5.41) is 20.5. The number of aliphatic hydroxyl groups is 1. The molecule has 0 bridgehead atoms. The van der Waals surface area contributed by atoms with Crippen LogP contribution in [0, 0.1) is 0 Å². The first kappa shape index (κ1) is 14.1. The van der Waals surface area contributed by atoms with Gasteiger partial charge in [-0.05, 0) is 12.8 Å². The van der Waals surface area contributed by atoms with Gasteiger partial charge in [0, 0.05) is 12.8 Å². The van der Waals surface area contributed by atoms with Crippen molar-refractivity contribution in [1.82, 2.24) is 0 Å². The van der Waals surface area contributed by atoms with E-state index in [1.807, 2.05) is 13.8 Å². The molecular formula is C11H19O4-. The Morgan fingerprint density at radius 3 is 2.27 bits per heavy atom. The summed E-state index contributed by atoms with van der Waals surface area (Å²) >= 11 is 0. The van der Waals surface area contributed by atoms with Crippen molar-refractivity contribution >= 4 is 11.8 Å². The quantitative estimate of drug-likeness (QED) is 0.636. The fourth-order valence-corrected chi connectivity index (χ4v) is 1.43. The molecule has 1 unspecified atom stereocenters. The molecule has 0 heterocycles. The third kappa shape index (κ3) is 4.93. The molecule has 0 aliphatic heterocycles. The van der Waals surface area contributed by atoms with Crippen LogP contribution < -0.4 is 5.11 Å². The number of carbonyl (C=O) groups excluding carboxylic acids is 2. The Kier molecular flexibility index (Phi) is 6.17. The molecule has 0 aliphatic carbocycles. The van der Waals surface area contributed by atoms with Crippen LogP contribution >= 0.6 is 0 Å².